The van der Waals surface area contributed by atoms with Crippen LogP contribution in [0.25, 0.3) is 0 Å². The number of carbonyl (C=O) groups is 2. The first kappa shape index (κ1) is 17.8. The molecule has 2 atom stereocenters. The van der Waals surface area contributed by atoms with Crippen molar-refractivity contribution in [1.82, 2.24) is 0 Å². The van der Waals surface area contributed by atoms with Crippen molar-refractivity contribution in [2.45, 2.75) is 24.1 Å². The van der Waals surface area contributed by atoms with E-state index in [-0.39, 0.29) is 11.5 Å². The predicted molar refractivity (Wildman–Crippen MR) is 91.7 cm³/mol. The van der Waals surface area contributed by atoms with Gasteiger partial charge in [0.15, 0.2) is 5.78 Å². The third kappa shape index (κ3) is 4.05. The number of halogens is 3. The lowest BCUT2D eigenvalue weighted by Crippen LogP contribution is -2.46. The lowest BCUT2D eigenvalue weighted by atomic mass is 9.87. The van der Waals surface area contributed by atoms with Gasteiger partial charge in [0, 0.05) is 10.7 Å². The summed E-state index contributed by atoms with van der Waals surface area (Å²) < 4.78 is 0. The Morgan fingerprint density at radius 3 is 2.57 bits per heavy atom. The Labute approximate surface area is 148 Å². The first-order chi connectivity index (χ1) is 10.7. The summed E-state index contributed by atoms with van der Waals surface area (Å²) >= 11 is 18.0. The number of alkyl halides is 2. The van der Waals surface area contributed by atoms with Crippen LogP contribution in [0.2, 0.25) is 5.02 Å². The summed E-state index contributed by atoms with van der Waals surface area (Å²) in [6.07, 6.45) is 0.523. The molecule has 1 N–H and O–H groups in total. The molecule has 0 heterocycles. The van der Waals surface area contributed by atoms with Crippen LogP contribution < -0.4 is 5.32 Å². The average Bonchev–Trinajstić information content (AvgIpc) is 2.48. The standard InChI is InChI=1S/C15H13Cl3N2O3/c1-8-7-11(21)15(2,18)13(17)12(8)20-23-14(22)19-10-5-3-9(16)4-6-10/h3-7,13H,1-2H3,(H,19,22). The summed E-state index contributed by atoms with van der Waals surface area (Å²) in [5, 5.41) is 5.84. The average molecular weight is 376 g/mol. The summed E-state index contributed by atoms with van der Waals surface area (Å²) in [7, 11) is 0. The zero-order chi connectivity index (χ0) is 17.2. The van der Waals surface area contributed by atoms with E-state index in [9.17, 15) is 9.59 Å². The minimum Gasteiger partial charge on any atom is -0.297 e. The van der Waals surface area contributed by atoms with Crippen molar-refractivity contribution in [1.29, 1.82) is 0 Å². The van der Waals surface area contributed by atoms with Crippen LogP contribution >= 0.6 is 34.8 Å². The van der Waals surface area contributed by atoms with Crippen LogP contribution in [-0.4, -0.2) is 27.8 Å². The molecule has 0 saturated heterocycles. The topological polar surface area (TPSA) is 67.8 Å². The van der Waals surface area contributed by atoms with Crippen LogP contribution in [0, 0.1) is 0 Å². The van der Waals surface area contributed by atoms with Crippen molar-refractivity contribution in [3.8, 4) is 0 Å². The van der Waals surface area contributed by atoms with E-state index in [1.807, 2.05) is 0 Å². The monoisotopic (exact) mass is 374 g/mol. The molecule has 0 aliphatic heterocycles. The maximum atomic E-state index is 11.8. The number of anilines is 1. The Bertz CT molecular complexity index is 696. The predicted octanol–water partition coefficient (Wildman–Crippen LogP) is 4.38. The molecule has 0 bridgehead atoms. The molecule has 1 aromatic carbocycles. The van der Waals surface area contributed by atoms with Gasteiger partial charge in [-0.05, 0) is 49.8 Å². The SMILES string of the molecule is CC1=CC(=O)C(C)(Cl)C(Cl)C1=NOC(=O)Nc1ccc(Cl)cc1. The van der Waals surface area contributed by atoms with E-state index in [4.69, 9.17) is 39.6 Å². The van der Waals surface area contributed by atoms with Gasteiger partial charge in [0.05, 0.1) is 0 Å². The number of hydrogen-bond donors (Lipinski definition) is 1. The van der Waals surface area contributed by atoms with Crippen molar-refractivity contribution in [2.24, 2.45) is 5.16 Å². The quantitative estimate of drug-likeness (QED) is 0.474. The molecule has 0 spiro atoms. The Morgan fingerprint density at radius 1 is 1.35 bits per heavy atom. The third-order valence-corrected chi connectivity index (χ3v) is 4.68. The number of nitrogens with zero attached hydrogens (tertiary/aromatic N) is 1. The van der Waals surface area contributed by atoms with Gasteiger partial charge in [-0.25, -0.2) is 4.79 Å². The molecule has 0 radical (unpaired) electrons. The lowest BCUT2D eigenvalue weighted by molar-refractivity contribution is -0.116. The molecule has 122 valence electrons. The van der Waals surface area contributed by atoms with Gasteiger partial charge < -0.3 is 0 Å². The zero-order valence-electron chi connectivity index (χ0n) is 12.3. The lowest BCUT2D eigenvalue weighted by Gasteiger charge is -2.29. The van der Waals surface area contributed by atoms with Gasteiger partial charge in [0.2, 0.25) is 0 Å². The molecule has 0 aromatic heterocycles. The van der Waals surface area contributed by atoms with E-state index in [0.29, 0.717) is 16.3 Å². The maximum absolute atomic E-state index is 11.8. The van der Waals surface area contributed by atoms with Gasteiger partial charge >= 0.3 is 6.09 Å². The van der Waals surface area contributed by atoms with Gasteiger partial charge in [-0.3, -0.25) is 14.9 Å². The van der Waals surface area contributed by atoms with E-state index in [0.717, 1.165) is 0 Å². The summed E-state index contributed by atoms with van der Waals surface area (Å²) in [5.41, 5.74) is 1.22. The Hall–Kier alpha value is -1.56. The van der Waals surface area contributed by atoms with Crippen molar-refractivity contribution in [2.75, 3.05) is 5.32 Å². The van der Waals surface area contributed by atoms with Gasteiger partial charge in [0.1, 0.15) is 16.0 Å². The number of rotatable bonds is 2. The molecule has 1 aliphatic rings. The van der Waals surface area contributed by atoms with Crippen LogP contribution in [-0.2, 0) is 9.63 Å². The highest BCUT2D eigenvalue weighted by Gasteiger charge is 2.44. The molecule has 0 saturated carbocycles. The number of oxime groups is 1. The minimum atomic E-state index is -1.34. The first-order valence-corrected chi connectivity index (χ1v) is 7.78. The van der Waals surface area contributed by atoms with Crippen molar-refractivity contribution >= 4 is 58.1 Å². The Balaban J connectivity index is 2.09. The van der Waals surface area contributed by atoms with Gasteiger partial charge in [-0.2, -0.15) is 0 Å². The second-order valence-electron chi connectivity index (χ2n) is 5.12. The van der Waals surface area contributed by atoms with E-state index < -0.39 is 16.3 Å². The number of allylic oxidation sites excluding steroid dienone is 2. The van der Waals surface area contributed by atoms with Gasteiger partial charge in [-0.15, -0.1) is 23.2 Å². The van der Waals surface area contributed by atoms with Crippen molar-refractivity contribution < 1.29 is 14.4 Å². The highest BCUT2D eigenvalue weighted by Crippen LogP contribution is 2.33. The number of nitrogens with one attached hydrogen (secondary N) is 1. The highest BCUT2D eigenvalue weighted by molar-refractivity contribution is 6.50. The molecule has 2 rings (SSSR count). The number of ketones is 1. The van der Waals surface area contributed by atoms with E-state index in [1.165, 1.54) is 13.0 Å². The van der Waals surface area contributed by atoms with Crippen molar-refractivity contribution in [3.05, 3.63) is 40.9 Å². The molecule has 2 unspecified atom stereocenters. The van der Waals surface area contributed by atoms with Crippen LogP contribution in [0.15, 0.2) is 41.1 Å². The first-order valence-electron chi connectivity index (χ1n) is 6.59. The molecular formula is C15H13Cl3N2O3. The van der Waals surface area contributed by atoms with E-state index in [2.05, 4.69) is 10.5 Å². The molecule has 1 aliphatic carbocycles. The van der Waals surface area contributed by atoms with Crippen LogP contribution in [0.5, 0.6) is 0 Å². The number of carbonyl (C=O) groups excluding carboxylic acids is 2. The molecule has 8 heteroatoms. The largest absolute Gasteiger partial charge is 0.437 e. The molecule has 0 fully saturated rings. The smallest absolute Gasteiger partial charge is 0.297 e. The maximum Gasteiger partial charge on any atom is 0.437 e. The van der Waals surface area contributed by atoms with Crippen LogP contribution in [0.4, 0.5) is 10.5 Å². The summed E-state index contributed by atoms with van der Waals surface area (Å²) in [5.74, 6) is -0.318. The van der Waals surface area contributed by atoms with Gasteiger partial charge in [-0.1, -0.05) is 16.8 Å². The van der Waals surface area contributed by atoms with Crippen LogP contribution in [0.1, 0.15) is 13.8 Å². The second-order valence-corrected chi connectivity index (χ2v) is 6.77. The normalized spacial score (nSPS) is 26.0. The number of hydrogen-bond acceptors (Lipinski definition) is 4. The summed E-state index contributed by atoms with van der Waals surface area (Å²) in [6.45, 7) is 3.12. The Kier molecular flexibility index (Phi) is 5.34. The van der Waals surface area contributed by atoms with Crippen molar-refractivity contribution in [3.63, 3.8) is 0 Å². The fraction of sp³-hybridized carbons (Fsp3) is 0.267. The zero-order valence-corrected chi connectivity index (χ0v) is 14.5. The third-order valence-electron chi connectivity index (χ3n) is 3.27. The highest BCUT2D eigenvalue weighted by atomic mass is 35.5. The van der Waals surface area contributed by atoms with Gasteiger partial charge in [0.25, 0.3) is 0 Å². The Morgan fingerprint density at radius 2 is 1.96 bits per heavy atom. The second kappa shape index (κ2) is 6.91. The van der Waals surface area contributed by atoms with E-state index >= 15 is 0 Å². The summed E-state index contributed by atoms with van der Waals surface area (Å²) in [6, 6.07) is 6.47. The minimum absolute atomic E-state index is 0.232. The molecular weight excluding hydrogens is 363 g/mol. The molecule has 1 aromatic rings. The molecule has 1 amide bonds. The molecule has 23 heavy (non-hydrogen) atoms. The number of amides is 1. The summed E-state index contributed by atoms with van der Waals surface area (Å²) in [4.78, 5) is 27.0. The fourth-order valence-electron chi connectivity index (χ4n) is 1.88. The fourth-order valence-corrected chi connectivity index (χ4v) is 2.48. The molecule has 5 nitrogen and oxygen atoms in total. The van der Waals surface area contributed by atoms with Crippen LogP contribution in [0.3, 0.4) is 0 Å². The van der Waals surface area contributed by atoms with E-state index in [1.54, 1.807) is 31.2 Å². The number of benzene rings is 1.